The Labute approximate surface area is 141 Å². The molecule has 2 aromatic rings. The molecule has 0 aliphatic rings. The van der Waals surface area contributed by atoms with Crippen molar-refractivity contribution in [1.29, 1.82) is 0 Å². The monoisotopic (exact) mass is 331 g/mol. The Hall–Kier alpha value is -2.89. The van der Waals surface area contributed by atoms with E-state index in [9.17, 15) is 4.79 Å². The molecule has 0 spiro atoms. The molecule has 0 aliphatic carbocycles. The van der Waals surface area contributed by atoms with Gasteiger partial charge in [0.1, 0.15) is 5.75 Å². The van der Waals surface area contributed by atoms with Gasteiger partial charge in [-0.1, -0.05) is 18.2 Å². The van der Waals surface area contributed by atoms with Gasteiger partial charge in [0.2, 0.25) is 5.75 Å². The summed E-state index contributed by atoms with van der Waals surface area (Å²) >= 11 is 0. The van der Waals surface area contributed by atoms with Crippen molar-refractivity contribution in [3.63, 3.8) is 0 Å². The number of carbonyl (C=O) groups is 1. The molecular weight excluding hydrogens is 310 g/mol. The fraction of sp³-hybridized carbons (Fsp3) is 0.278. The van der Waals surface area contributed by atoms with Crippen LogP contribution in [0.2, 0.25) is 0 Å². The van der Waals surface area contributed by atoms with Gasteiger partial charge in [0, 0.05) is 6.54 Å². The van der Waals surface area contributed by atoms with Crippen molar-refractivity contribution < 1.29 is 23.7 Å². The van der Waals surface area contributed by atoms with Crippen LogP contribution >= 0.6 is 0 Å². The molecule has 0 radical (unpaired) electrons. The Morgan fingerprint density at radius 3 is 2.25 bits per heavy atom. The number of benzene rings is 2. The number of rotatable bonds is 8. The molecule has 6 nitrogen and oxygen atoms in total. The van der Waals surface area contributed by atoms with E-state index in [1.807, 2.05) is 24.3 Å². The Balaban J connectivity index is 1.87. The molecular formula is C18H21NO5. The minimum Gasteiger partial charge on any atom is -0.497 e. The highest BCUT2D eigenvalue weighted by molar-refractivity contribution is 5.77. The predicted molar refractivity (Wildman–Crippen MR) is 89.9 cm³/mol. The zero-order chi connectivity index (χ0) is 17.4. The number of para-hydroxylation sites is 1. The van der Waals surface area contributed by atoms with E-state index < -0.39 is 0 Å². The molecule has 1 N–H and O–H groups in total. The van der Waals surface area contributed by atoms with E-state index in [1.165, 1.54) is 7.11 Å². The molecule has 0 atom stereocenters. The van der Waals surface area contributed by atoms with E-state index >= 15 is 0 Å². The minimum atomic E-state index is -0.226. The van der Waals surface area contributed by atoms with Crippen molar-refractivity contribution in [1.82, 2.24) is 5.32 Å². The van der Waals surface area contributed by atoms with Gasteiger partial charge in [-0.05, 0) is 29.8 Å². The van der Waals surface area contributed by atoms with Crippen LogP contribution in [0, 0.1) is 0 Å². The Bertz CT molecular complexity index is 670. The van der Waals surface area contributed by atoms with Gasteiger partial charge in [0.05, 0.1) is 21.3 Å². The average Bonchev–Trinajstić information content (AvgIpc) is 2.64. The second kappa shape index (κ2) is 8.67. The summed E-state index contributed by atoms with van der Waals surface area (Å²) in [6, 6.07) is 12.7. The second-order valence-corrected chi connectivity index (χ2v) is 4.91. The summed E-state index contributed by atoms with van der Waals surface area (Å²) in [4.78, 5) is 11.9. The third-order valence-electron chi connectivity index (χ3n) is 3.37. The van der Waals surface area contributed by atoms with Gasteiger partial charge in [-0.3, -0.25) is 4.79 Å². The SMILES string of the molecule is COc1ccc(CNC(=O)COc2cccc(OC)c2OC)cc1. The molecule has 0 heterocycles. The van der Waals surface area contributed by atoms with Gasteiger partial charge in [0.15, 0.2) is 18.1 Å². The number of ether oxygens (including phenoxy) is 4. The van der Waals surface area contributed by atoms with Gasteiger partial charge in [-0.25, -0.2) is 0 Å². The lowest BCUT2D eigenvalue weighted by Gasteiger charge is -2.13. The highest BCUT2D eigenvalue weighted by Gasteiger charge is 2.12. The predicted octanol–water partition coefficient (Wildman–Crippen LogP) is 2.41. The van der Waals surface area contributed by atoms with Crippen LogP contribution in [0.5, 0.6) is 23.0 Å². The normalized spacial score (nSPS) is 9.96. The molecule has 2 aromatic carbocycles. The van der Waals surface area contributed by atoms with Crippen LogP contribution in [0.3, 0.4) is 0 Å². The quantitative estimate of drug-likeness (QED) is 0.805. The first-order valence-corrected chi connectivity index (χ1v) is 7.41. The maximum absolute atomic E-state index is 11.9. The van der Waals surface area contributed by atoms with Crippen molar-refractivity contribution in [3.05, 3.63) is 48.0 Å². The van der Waals surface area contributed by atoms with E-state index in [0.717, 1.165) is 11.3 Å². The second-order valence-electron chi connectivity index (χ2n) is 4.91. The van der Waals surface area contributed by atoms with E-state index in [1.54, 1.807) is 32.4 Å². The summed E-state index contributed by atoms with van der Waals surface area (Å²) in [5.41, 5.74) is 0.975. The summed E-state index contributed by atoms with van der Waals surface area (Å²) < 4.78 is 21.1. The first kappa shape index (κ1) is 17.5. The van der Waals surface area contributed by atoms with Gasteiger partial charge in [0.25, 0.3) is 5.91 Å². The Morgan fingerprint density at radius 2 is 1.62 bits per heavy atom. The van der Waals surface area contributed by atoms with Gasteiger partial charge in [-0.15, -0.1) is 0 Å². The number of amides is 1. The first-order valence-electron chi connectivity index (χ1n) is 7.41. The lowest BCUT2D eigenvalue weighted by Crippen LogP contribution is -2.28. The molecule has 0 bridgehead atoms. The van der Waals surface area contributed by atoms with Crippen LogP contribution in [0.4, 0.5) is 0 Å². The van der Waals surface area contributed by atoms with Crippen LogP contribution in [0.15, 0.2) is 42.5 Å². The van der Waals surface area contributed by atoms with Crippen LogP contribution < -0.4 is 24.3 Å². The molecule has 24 heavy (non-hydrogen) atoms. The van der Waals surface area contributed by atoms with Crippen LogP contribution in [0.1, 0.15) is 5.56 Å². The zero-order valence-electron chi connectivity index (χ0n) is 14.0. The molecule has 6 heteroatoms. The summed E-state index contributed by atoms with van der Waals surface area (Å²) in [6.45, 7) is 0.307. The largest absolute Gasteiger partial charge is 0.497 e. The lowest BCUT2D eigenvalue weighted by molar-refractivity contribution is -0.123. The molecule has 0 unspecified atom stereocenters. The van der Waals surface area contributed by atoms with E-state index in [2.05, 4.69) is 5.32 Å². The molecule has 0 aliphatic heterocycles. The molecule has 2 rings (SSSR count). The topological polar surface area (TPSA) is 66.0 Å². The standard InChI is InChI=1S/C18H21NO5/c1-21-14-9-7-13(8-10-14)11-19-17(20)12-24-16-6-4-5-15(22-2)18(16)23-3/h4-10H,11-12H2,1-3H3,(H,19,20). The number of nitrogens with one attached hydrogen (secondary N) is 1. The van der Waals surface area contributed by atoms with Gasteiger partial charge >= 0.3 is 0 Å². The van der Waals surface area contributed by atoms with E-state index in [0.29, 0.717) is 23.8 Å². The molecule has 0 aromatic heterocycles. The zero-order valence-corrected chi connectivity index (χ0v) is 14.0. The third-order valence-corrected chi connectivity index (χ3v) is 3.37. The average molecular weight is 331 g/mol. The molecule has 1 amide bonds. The minimum absolute atomic E-state index is 0.111. The highest BCUT2D eigenvalue weighted by atomic mass is 16.5. The Morgan fingerprint density at radius 1 is 0.917 bits per heavy atom. The molecule has 128 valence electrons. The molecule has 0 saturated carbocycles. The smallest absolute Gasteiger partial charge is 0.258 e. The maximum atomic E-state index is 11.9. The summed E-state index contributed by atoms with van der Waals surface area (Å²) in [5, 5.41) is 2.80. The van der Waals surface area contributed by atoms with E-state index in [4.69, 9.17) is 18.9 Å². The van der Waals surface area contributed by atoms with Crippen molar-refractivity contribution in [2.24, 2.45) is 0 Å². The summed E-state index contributed by atoms with van der Waals surface area (Å²) in [6.07, 6.45) is 0. The summed E-state index contributed by atoms with van der Waals surface area (Å²) in [7, 11) is 4.68. The van der Waals surface area contributed by atoms with Gasteiger partial charge < -0.3 is 24.3 Å². The fourth-order valence-electron chi connectivity index (χ4n) is 2.11. The lowest BCUT2D eigenvalue weighted by atomic mass is 10.2. The van der Waals surface area contributed by atoms with Crippen molar-refractivity contribution >= 4 is 5.91 Å². The van der Waals surface area contributed by atoms with E-state index in [-0.39, 0.29) is 12.5 Å². The van der Waals surface area contributed by atoms with Gasteiger partial charge in [-0.2, -0.15) is 0 Å². The summed E-state index contributed by atoms with van der Waals surface area (Å²) in [5.74, 6) is 2.02. The number of carbonyl (C=O) groups excluding carboxylic acids is 1. The Kier molecular flexibility index (Phi) is 6.31. The number of hydrogen-bond donors (Lipinski definition) is 1. The van der Waals surface area contributed by atoms with Crippen LogP contribution in [-0.4, -0.2) is 33.8 Å². The van der Waals surface area contributed by atoms with Crippen molar-refractivity contribution in [2.75, 3.05) is 27.9 Å². The number of hydrogen-bond acceptors (Lipinski definition) is 5. The van der Waals surface area contributed by atoms with Crippen LogP contribution in [-0.2, 0) is 11.3 Å². The third kappa shape index (κ3) is 4.55. The molecule has 0 fully saturated rings. The van der Waals surface area contributed by atoms with Crippen molar-refractivity contribution in [3.8, 4) is 23.0 Å². The van der Waals surface area contributed by atoms with Crippen LogP contribution in [0.25, 0.3) is 0 Å². The fourth-order valence-corrected chi connectivity index (χ4v) is 2.11. The number of methoxy groups -OCH3 is 3. The van der Waals surface area contributed by atoms with Crippen molar-refractivity contribution in [2.45, 2.75) is 6.54 Å². The highest BCUT2D eigenvalue weighted by Crippen LogP contribution is 2.36. The maximum Gasteiger partial charge on any atom is 0.258 e. The molecule has 0 saturated heterocycles. The first-order chi connectivity index (χ1) is 11.7.